The molecule has 0 aliphatic rings. The minimum atomic E-state index is -0.892. The number of aliphatic hydroxyl groups is 2. The monoisotopic (exact) mass is 382 g/mol. The van der Waals surface area contributed by atoms with E-state index in [1.54, 1.807) is 6.92 Å². The smallest absolute Gasteiger partial charge is 0.331 e. The van der Waals surface area contributed by atoms with Crippen molar-refractivity contribution in [1.29, 1.82) is 0 Å². The number of carboxylic acids is 1. The van der Waals surface area contributed by atoms with Crippen molar-refractivity contribution in [3.63, 3.8) is 0 Å². The Morgan fingerprint density at radius 2 is 1.21 bits per heavy atom. The number of hydrogen-bond donors (Lipinski definition) is 3. The number of aliphatic hydroxyl groups excluding tert-OH is 2. The van der Waals surface area contributed by atoms with Gasteiger partial charge in [0.05, 0.1) is 0 Å². The van der Waals surface area contributed by atoms with Crippen molar-refractivity contribution in [3.8, 4) is 0 Å². The molecule has 0 heterocycles. The molecule has 4 heteroatoms. The maximum atomic E-state index is 11.4. The van der Waals surface area contributed by atoms with Crippen LogP contribution in [0.1, 0.15) is 49.4 Å². The van der Waals surface area contributed by atoms with Crippen LogP contribution in [0.4, 0.5) is 0 Å². The summed E-state index contributed by atoms with van der Waals surface area (Å²) < 4.78 is 0. The fourth-order valence-corrected chi connectivity index (χ4v) is 3.55. The summed E-state index contributed by atoms with van der Waals surface area (Å²) in [7, 11) is 0. The lowest BCUT2D eigenvalue weighted by atomic mass is 9.71. The maximum absolute atomic E-state index is 11.4. The Labute approximate surface area is 167 Å². The van der Waals surface area contributed by atoms with Crippen molar-refractivity contribution in [3.05, 3.63) is 81.9 Å². The first-order valence-corrected chi connectivity index (χ1v) is 9.62. The normalized spacial score (nSPS) is 12.6. The molecule has 0 aromatic heterocycles. The molecule has 0 aliphatic heterocycles. The molecule has 0 fully saturated rings. The van der Waals surface area contributed by atoms with Gasteiger partial charge in [-0.1, -0.05) is 61.0 Å². The van der Waals surface area contributed by atoms with Crippen LogP contribution < -0.4 is 0 Å². The summed E-state index contributed by atoms with van der Waals surface area (Å²) in [4.78, 5) is 11.4. The number of allylic oxidation sites excluding steroid dienone is 1. The Kier molecular flexibility index (Phi) is 7.55. The molecule has 0 bridgehead atoms. The molecule has 2 rings (SSSR count). The second-order valence-corrected chi connectivity index (χ2v) is 7.56. The second-order valence-electron chi connectivity index (χ2n) is 7.56. The van der Waals surface area contributed by atoms with Crippen LogP contribution >= 0.6 is 0 Å². The van der Waals surface area contributed by atoms with Crippen molar-refractivity contribution in [2.75, 3.05) is 13.2 Å². The van der Waals surface area contributed by atoms with Crippen LogP contribution in [0, 0.1) is 0 Å². The summed E-state index contributed by atoms with van der Waals surface area (Å²) in [5, 5.41) is 27.7. The van der Waals surface area contributed by atoms with Crippen molar-refractivity contribution in [2.45, 2.75) is 45.4 Å². The van der Waals surface area contributed by atoms with E-state index in [1.807, 2.05) is 31.2 Å². The van der Waals surface area contributed by atoms with Crippen molar-refractivity contribution in [2.24, 2.45) is 0 Å². The van der Waals surface area contributed by atoms with Gasteiger partial charge in [-0.05, 0) is 55.4 Å². The second kappa shape index (κ2) is 9.67. The van der Waals surface area contributed by atoms with Crippen molar-refractivity contribution in [1.82, 2.24) is 0 Å². The van der Waals surface area contributed by atoms with Gasteiger partial charge in [-0.3, -0.25) is 0 Å². The molecule has 3 N–H and O–H groups in total. The summed E-state index contributed by atoms with van der Waals surface area (Å²) in [6.07, 6.45) is 1.82. The van der Waals surface area contributed by atoms with Gasteiger partial charge in [-0.15, -0.1) is 0 Å². The first-order valence-electron chi connectivity index (χ1n) is 9.62. The molecule has 0 aliphatic carbocycles. The van der Waals surface area contributed by atoms with Crippen molar-refractivity contribution >= 4 is 5.97 Å². The third-order valence-electron chi connectivity index (χ3n) is 5.56. The lowest BCUT2D eigenvalue weighted by Crippen LogP contribution is -2.25. The summed E-state index contributed by atoms with van der Waals surface area (Å²) in [6, 6.07) is 16.3. The molecule has 28 heavy (non-hydrogen) atoms. The minimum Gasteiger partial charge on any atom is -0.478 e. The summed E-state index contributed by atoms with van der Waals surface area (Å²) in [5.74, 6) is -0.892. The maximum Gasteiger partial charge on any atom is 0.331 e. The molecule has 0 radical (unpaired) electrons. The molecule has 2 aromatic carbocycles. The zero-order valence-electron chi connectivity index (χ0n) is 16.9. The van der Waals surface area contributed by atoms with E-state index in [1.165, 1.54) is 0 Å². The molecule has 0 amide bonds. The van der Waals surface area contributed by atoms with Gasteiger partial charge in [0.15, 0.2) is 0 Å². The average Bonchev–Trinajstić information content (AvgIpc) is 2.68. The van der Waals surface area contributed by atoms with Crippen LogP contribution in [0.2, 0.25) is 0 Å². The Bertz CT molecular complexity index is 767. The van der Waals surface area contributed by atoms with E-state index in [2.05, 4.69) is 31.2 Å². The van der Waals surface area contributed by atoms with Gasteiger partial charge in [0.2, 0.25) is 0 Å². The van der Waals surface area contributed by atoms with Crippen LogP contribution in [-0.2, 0) is 23.1 Å². The number of rotatable bonds is 9. The fourth-order valence-electron chi connectivity index (χ4n) is 3.55. The molecule has 150 valence electrons. The molecule has 0 unspecified atom stereocenters. The van der Waals surface area contributed by atoms with Gasteiger partial charge in [0, 0.05) is 24.2 Å². The van der Waals surface area contributed by atoms with Crippen LogP contribution in [0.15, 0.2) is 59.7 Å². The Balaban J connectivity index is 2.50. The highest BCUT2D eigenvalue weighted by molar-refractivity contribution is 5.86. The predicted molar refractivity (Wildman–Crippen MR) is 112 cm³/mol. The fraction of sp³-hybridized carbons (Fsp3) is 0.375. The largest absolute Gasteiger partial charge is 0.478 e. The first-order chi connectivity index (χ1) is 13.3. The Morgan fingerprint density at radius 1 is 0.821 bits per heavy atom. The van der Waals surface area contributed by atoms with Gasteiger partial charge in [-0.25, -0.2) is 4.79 Å². The number of carbonyl (C=O) groups is 1. The lowest BCUT2D eigenvalue weighted by Gasteiger charge is -2.32. The van der Waals surface area contributed by atoms with E-state index in [4.69, 9.17) is 10.2 Å². The number of aliphatic carboxylic acids is 1. The molecule has 2 aromatic rings. The Morgan fingerprint density at radius 3 is 1.54 bits per heavy atom. The van der Waals surface area contributed by atoms with Gasteiger partial charge in [0.25, 0.3) is 0 Å². The molecular weight excluding hydrogens is 352 g/mol. The van der Waals surface area contributed by atoms with Crippen molar-refractivity contribution < 1.29 is 20.1 Å². The van der Waals surface area contributed by atoms with Gasteiger partial charge in [0.1, 0.15) is 0 Å². The number of benzene rings is 2. The van der Waals surface area contributed by atoms with Crippen LogP contribution in [-0.4, -0.2) is 34.5 Å². The van der Waals surface area contributed by atoms with Crippen LogP contribution in [0.5, 0.6) is 0 Å². The molecule has 0 saturated heterocycles. The first kappa shape index (κ1) is 21.9. The lowest BCUT2D eigenvalue weighted by molar-refractivity contribution is -0.132. The standard InChI is InChI=1S/C24H30O4/c1-17(18(2)23(27)28)16-24(3,21-8-4-19(5-9-21)12-14-25)22-10-6-20(7-11-22)13-15-26/h4-11,25-26H,12-16H2,1-3H3,(H,27,28). The van der Waals surface area contributed by atoms with Gasteiger partial charge < -0.3 is 15.3 Å². The summed E-state index contributed by atoms with van der Waals surface area (Å²) in [6.45, 7) is 5.88. The topological polar surface area (TPSA) is 77.8 Å². The molecule has 0 atom stereocenters. The van der Waals surface area contributed by atoms with E-state index in [9.17, 15) is 9.90 Å². The average molecular weight is 383 g/mol. The summed E-state index contributed by atoms with van der Waals surface area (Å²) in [5.41, 5.74) is 5.16. The number of carboxylic acid groups (broad SMARTS) is 1. The highest BCUT2D eigenvalue weighted by Crippen LogP contribution is 2.38. The molecular formula is C24H30O4. The highest BCUT2D eigenvalue weighted by Gasteiger charge is 2.30. The Hall–Kier alpha value is -2.43. The SMILES string of the molecule is CC(CC(C)(c1ccc(CCO)cc1)c1ccc(CCO)cc1)=C(C)C(=O)O. The van der Waals surface area contributed by atoms with Crippen LogP contribution in [0.25, 0.3) is 0 Å². The highest BCUT2D eigenvalue weighted by atomic mass is 16.4. The van der Waals surface area contributed by atoms with Gasteiger partial charge in [-0.2, -0.15) is 0 Å². The minimum absolute atomic E-state index is 0.114. The van der Waals surface area contributed by atoms with E-state index in [-0.39, 0.29) is 13.2 Å². The molecule has 4 nitrogen and oxygen atoms in total. The van der Waals surface area contributed by atoms with Crippen LogP contribution in [0.3, 0.4) is 0 Å². The predicted octanol–water partition coefficient (Wildman–Crippen LogP) is 3.87. The zero-order chi connectivity index (χ0) is 20.7. The van der Waals surface area contributed by atoms with E-state index >= 15 is 0 Å². The van der Waals surface area contributed by atoms with Gasteiger partial charge >= 0.3 is 5.97 Å². The van der Waals surface area contributed by atoms with E-state index < -0.39 is 11.4 Å². The molecule has 0 saturated carbocycles. The third kappa shape index (κ3) is 5.09. The summed E-state index contributed by atoms with van der Waals surface area (Å²) >= 11 is 0. The van der Waals surface area contributed by atoms with E-state index in [0.29, 0.717) is 24.8 Å². The van der Waals surface area contributed by atoms with E-state index in [0.717, 1.165) is 27.8 Å². The number of hydrogen-bond acceptors (Lipinski definition) is 3. The zero-order valence-corrected chi connectivity index (χ0v) is 16.9. The molecule has 0 spiro atoms. The quantitative estimate of drug-likeness (QED) is 0.575. The third-order valence-corrected chi connectivity index (χ3v) is 5.56.